The average Bonchev–Trinajstić information content (AvgIpc) is 3.31. The Hall–Kier alpha value is -3.56. The number of benzene rings is 2. The van der Waals surface area contributed by atoms with E-state index in [0.29, 0.717) is 38.5 Å². The standard InChI is InChI=1S/C25H26FN5O3/c26-20-7-4-8-21(11-20)31-14-19(12-27-31)13-29-9-10-30-23(15-29)24(32)28-22(25(30)33)17-34-16-18-5-2-1-3-6-18/h1-8,11-12,14,22-23H,9-10,13,15-17H2,(H,28,32)/t22-,23+/m0/s1. The van der Waals surface area contributed by atoms with Crippen LogP contribution in [0, 0.1) is 5.82 Å². The number of carbonyl (C=O) groups excluding carboxylic acids is 2. The Morgan fingerprint density at radius 2 is 1.91 bits per heavy atom. The molecule has 1 aromatic heterocycles. The molecule has 5 rings (SSSR count). The predicted octanol–water partition coefficient (Wildman–Crippen LogP) is 1.74. The molecule has 0 saturated carbocycles. The molecule has 3 heterocycles. The average molecular weight is 464 g/mol. The minimum Gasteiger partial charge on any atom is -0.374 e. The van der Waals surface area contributed by atoms with E-state index in [-0.39, 0.29) is 24.2 Å². The Morgan fingerprint density at radius 1 is 1.06 bits per heavy atom. The lowest BCUT2D eigenvalue weighted by Crippen LogP contribution is -2.69. The second-order valence-corrected chi connectivity index (χ2v) is 8.62. The van der Waals surface area contributed by atoms with Crippen LogP contribution in [-0.2, 0) is 27.5 Å². The Kier molecular flexibility index (Phi) is 6.37. The van der Waals surface area contributed by atoms with Crippen LogP contribution in [0.1, 0.15) is 11.1 Å². The van der Waals surface area contributed by atoms with Gasteiger partial charge in [0, 0.05) is 37.9 Å². The van der Waals surface area contributed by atoms with Crippen LogP contribution in [0.2, 0.25) is 0 Å². The summed E-state index contributed by atoms with van der Waals surface area (Å²) in [5.41, 5.74) is 2.62. The number of aromatic nitrogens is 2. The van der Waals surface area contributed by atoms with Crippen molar-refractivity contribution in [2.75, 3.05) is 26.2 Å². The van der Waals surface area contributed by atoms with E-state index in [9.17, 15) is 14.0 Å². The van der Waals surface area contributed by atoms with E-state index in [2.05, 4.69) is 15.3 Å². The molecule has 3 aromatic rings. The number of amides is 2. The summed E-state index contributed by atoms with van der Waals surface area (Å²) < 4.78 is 20.8. The third kappa shape index (κ3) is 4.85. The normalized spacial score (nSPS) is 20.8. The molecule has 2 saturated heterocycles. The molecule has 0 radical (unpaired) electrons. The summed E-state index contributed by atoms with van der Waals surface area (Å²) in [5.74, 6) is -0.577. The lowest BCUT2D eigenvalue weighted by Gasteiger charge is -2.45. The van der Waals surface area contributed by atoms with Crippen molar-refractivity contribution < 1.29 is 18.7 Å². The molecule has 2 amide bonds. The molecule has 2 aliphatic rings. The summed E-state index contributed by atoms with van der Waals surface area (Å²) in [6.45, 7) is 2.69. The highest BCUT2D eigenvalue weighted by Gasteiger charge is 2.43. The molecule has 2 aliphatic heterocycles. The molecule has 8 nitrogen and oxygen atoms in total. The maximum Gasteiger partial charge on any atom is 0.248 e. The Morgan fingerprint density at radius 3 is 2.74 bits per heavy atom. The van der Waals surface area contributed by atoms with Crippen LogP contribution >= 0.6 is 0 Å². The zero-order valence-corrected chi connectivity index (χ0v) is 18.6. The minimum atomic E-state index is -0.663. The van der Waals surface area contributed by atoms with Crippen molar-refractivity contribution in [3.05, 3.63) is 83.9 Å². The van der Waals surface area contributed by atoms with Gasteiger partial charge in [-0.15, -0.1) is 0 Å². The first-order chi connectivity index (χ1) is 16.6. The Labute approximate surface area is 196 Å². The van der Waals surface area contributed by atoms with Crippen LogP contribution in [-0.4, -0.2) is 69.7 Å². The summed E-state index contributed by atoms with van der Waals surface area (Å²) in [4.78, 5) is 29.6. The van der Waals surface area contributed by atoms with E-state index in [1.54, 1.807) is 27.9 Å². The van der Waals surface area contributed by atoms with E-state index in [1.165, 1.54) is 12.1 Å². The van der Waals surface area contributed by atoms with Crippen LogP contribution in [0.15, 0.2) is 67.0 Å². The highest BCUT2D eigenvalue weighted by molar-refractivity contribution is 5.97. The maximum atomic E-state index is 13.5. The molecule has 34 heavy (non-hydrogen) atoms. The third-order valence-electron chi connectivity index (χ3n) is 6.18. The fraction of sp³-hybridized carbons (Fsp3) is 0.320. The monoisotopic (exact) mass is 463 g/mol. The van der Waals surface area contributed by atoms with Crippen LogP contribution in [0.5, 0.6) is 0 Å². The van der Waals surface area contributed by atoms with Gasteiger partial charge in [0.05, 0.1) is 25.1 Å². The van der Waals surface area contributed by atoms with E-state index >= 15 is 0 Å². The fourth-order valence-corrected chi connectivity index (χ4v) is 4.44. The first-order valence-electron chi connectivity index (χ1n) is 11.3. The molecule has 2 fully saturated rings. The van der Waals surface area contributed by atoms with Crippen LogP contribution in [0.3, 0.4) is 0 Å². The van der Waals surface area contributed by atoms with Gasteiger partial charge in [-0.25, -0.2) is 9.07 Å². The van der Waals surface area contributed by atoms with E-state index in [1.807, 2.05) is 36.5 Å². The van der Waals surface area contributed by atoms with E-state index < -0.39 is 12.1 Å². The summed E-state index contributed by atoms with van der Waals surface area (Å²) in [6, 6.07) is 14.8. The predicted molar refractivity (Wildman–Crippen MR) is 122 cm³/mol. The molecule has 0 spiro atoms. The zero-order valence-electron chi connectivity index (χ0n) is 18.6. The summed E-state index contributed by atoms with van der Waals surface area (Å²) in [6.07, 6.45) is 3.59. The molecule has 9 heteroatoms. The van der Waals surface area contributed by atoms with Gasteiger partial charge in [0.25, 0.3) is 0 Å². The van der Waals surface area contributed by atoms with Crippen LogP contribution < -0.4 is 5.32 Å². The number of nitrogens with one attached hydrogen (secondary N) is 1. The van der Waals surface area contributed by atoms with Gasteiger partial charge in [-0.3, -0.25) is 14.5 Å². The number of carbonyl (C=O) groups is 2. The Balaban J connectivity index is 1.16. The number of fused-ring (bicyclic) bond motifs is 1. The maximum absolute atomic E-state index is 13.5. The van der Waals surface area contributed by atoms with Gasteiger partial charge in [-0.2, -0.15) is 5.10 Å². The number of ether oxygens (including phenoxy) is 1. The largest absolute Gasteiger partial charge is 0.374 e. The first kappa shape index (κ1) is 22.2. The second kappa shape index (κ2) is 9.74. The van der Waals surface area contributed by atoms with Gasteiger partial charge in [-0.1, -0.05) is 36.4 Å². The smallest absolute Gasteiger partial charge is 0.248 e. The number of hydrogen-bond acceptors (Lipinski definition) is 5. The summed E-state index contributed by atoms with van der Waals surface area (Å²) >= 11 is 0. The number of nitrogens with zero attached hydrogens (tertiary/aromatic N) is 4. The SMILES string of the molecule is O=C1N[C@@H](COCc2ccccc2)C(=O)N2CCN(Cc3cnn(-c4cccc(F)c4)c3)C[C@H]12. The van der Waals surface area contributed by atoms with Gasteiger partial charge < -0.3 is 15.0 Å². The van der Waals surface area contributed by atoms with Crippen molar-refractivity contribution in [1.29, 1.82) is 0 Å². The second-order valence-electron chi connectivity index (χ2n) is 8.62. The molecule has 0 bridgehead atoms. The lowest BCUT2D eigenvalue weighted by atomic mass is 10.0. The minimum absolute atomic E-state index is 0.101. The first-order valence-corrected chi connectivity index (χ1v) is 11.3. The zero-order chi connectivity index (χ0) is 23.5. The summed E-state index contributed by atoms with van der Waals surface area (Å²) in [7, 11) is 0. The number of hydrogen-bond donors (Lipinski definition) is 1. The molecule has 0 unspecified atom stereocenters. The highest BCUT2D eigenvalue weighted by Crippen LogP contribution is 2.19. The van der Waals surface area contributed by atoms with Crippen molar-refractivity contribution in [3.8, 4) is 5.69 Å². The van der Waals surface area contributed by atoms with Crippen molar-refractivity contribution in [2.45, 2.75) is 25.2 Å². The van der Waals surface area contributed by atoms with Gasteiger partial charge in [-0.05, 0) is 23.8 Å². The van der Waals surface area contributed by atoms with Crippen molar-refractivity contribution in [1.82, 2.24) is 24.9 Å². The fourth-order valence-electron chi connectivity index (χ4n) is 4.44. The number of halogens is 1. The topological polar surface area (TPSA) is 79.7 Å². The van der Waals surface area contributed by atoms with Gasteiger partial charge in [0.2, 0.25) is 11.8 Å². The Bertz CT molecular complexity index is 1170. The van der Waals surface area contributed by atoms with Gasteiger partial charge in [0.1, 0.15) is 17.9 Å². The van der Waals surface area contributed by atoms with Gasteiger partial charge in [0.15, 0.2) is 0 Å². The molecule has 1 N–H and O–H groups in total. The number of rotatable bonds is 7. The quantitative estimate of drug-likeness (QED) is 0.578. The van der Waals surface area contributed by atoms with E-state index in [4.69, 9.17) is 4.74 Å². The molecule has 2 aromatic carbocycles. The highest BCUT2D eigenvalue weighted by atomic mass is 19.1. The molecule has 176 valence electrons. The molecule has 2 atom stereocenters. The molecule has 0 aliphatic carbocycles. The van der Waals surface area contributed by atoms with Crippen LogP contribution in [0.25, 0.3) is 5.69 Å². The van der Waals surface area contributed by atoms with Gasteiger partial charge >= 0.3 is 0 Å². The van der Waals surface area contributed by atoms with Crippen LogP contribution in [0.4, 0.5) is 4.39 Å². The van der Waals surface area contributed by atoms with Crippen molar-refractivity contribution in [3.63, 3.8) is 0 Å². The summed E-state index contributed by atoms with van der Waals surface area (Å²) in [5, 5.41) is 7.16. The van der Waals surface area contributed by atoms with Crippen molar-refractivity contribution >= 4 is 11.8 Å². The molecular weight excluding hydrogens is 437 g/mol. The molecular formula is C25H26FN5O3. The third-order valence-corrected chi connectivity index (χ3v) is 6.18. The van der Waals surface area contributed by atoms with E-state index in [0.717, 1.165) is 11.1 Å². The number of piperazine rings is 2. The lowest BCUT2D eigenvalue weighted by molar-refractivity contribution is -0.155. The van der Waals surface area contributed by atoms with Crippen molar-refractivity contribution in [2.24, 2.45) is 0 Å².